The van der Waals surface area contributed by atoms with Gasteiger partial charge in [0.25, 0.3) is 0 Å². The van der Waals surface area contributed by atoms with Gasteiger partial charge < -0.3 is 10.0 Å². The molecule has 2 nitrogen and oxygen atoms in total. The lowest BCUT2D eigenvalue weighted by Crippen LogP contribution is -2.25. The summed E-state index contributed by atoms with van der Waals surface area (Å²) >= 11 is 0. The van der Waals surface area contributed by atoms with Crippen LogP contribution in [0.5, 0.6) is 0 Å². The highest BCUT2D eigenvalue weighted by Gasteiger charge is 2.08. The van der Waals surface area contributed by atoms with Crippen LogP contribution in [0, 0.1) is 0 Å². The molecular weight excluding hydrogens is 174 g/mol. The van der Waals surface area contributed by atoms with E-state index in [1.54, 1.807) is 0 Å². The van der Waals surface area contributed by atoms with Gasteiger partial charge in [0.1, 0.15) is 0 Å². The van der Waals surface area contributed by atoms with Crippen molar-refractivity contribution in [3.63, 3.8) is 0 Å². The number of aliphatic hydroxyl groups excluding tert-OH is 1. The van der Waals surface area contributed by atoms with Crippen molar-refractivity contribution in [1.82, 2.24) is 4.90 Å². The Labute approximate surface area is 86.2 Å². The maximum absolute atomic E-state index is 9.88. The first kappa shape index (κ1) is 11.2. The molecule has 0 amide bonds. The van der Waals surface area contributed by atoms with Crippen LogP contribution in [0.4, 0.5) is 0 Å². The van der Waals surface area contributed by atoms with Crippen LogP contribution in [0.15, 0.2) is 30.3 Å². The molecule has 78 valence electrons. The number of nitrogens with zero attached hydrogens (tertiary/aromatic N) is 1. The minimum atomic E-state index is -0.368. The van der Waals surface area contributed by atoms with Gasteiger partial charge in [-0.05, 0) is 25.6 Å². The molecule has 1 aromatic carbocycles. The molecule has 0 aliphatic heterocycles. The van der Waals surface area contributed by atoms with E-state index in [1.807, 2.05) is 37.4 Å². The van der Waals surface area contributed by atoms with Gasteiger partial charge in [-0.15, -0.1) is 0 Å². The summed E-state index contributed by atoms with van der Waals surface area (Å²) < 4.78 is 0. The van der Waals surface area contributed by atoms with E-state index >= 15 is 0 Å². The molecule has 0 aromatic heterocycles. The van der Waals surface area contributed by atoms with Crippen LogP contribution in [-0.4, -0.2) is 30.1 Å². The van der Waals surface area contributed by atoms with E-state index in [9.17, 15) is 5.11 Å². The van der Waals surface area contributed by atoms with E-state index in [0.717, 1.165) is 18.5 Å². The number of rotatable bonds is 5. The fourth-order valence-corrected chi connectivity index (χ4v) is 1.55. The third kappa shape index (κ3) is 3.48. The van der Waals surface area contributed by atoms with E-state index in [4.69, 9.17) is 0 Å². The van der Waals surface area contributed by atoms with Crippen LogP contribution in [0.1, 0.15) is 25.0 Å². The largest absolute Gasteiger partial charge is 0.387 e. The van der Waals surface area contributed by atoms with Gasteiger partial charge in [0.15, 0.2) is 0 Å². The monoisotopic (exact) mass is 193 g/mol. The first-order chi connectivity index (χ1) is 6.74. The summed E-state index contributed by atoms with van der Waals surface area (Å²) in [5.41, 5.74) is 0.996. The van der Waals surface area contributed by atoms with Gasteiger partial charge in [-0.1, -0.05) is 37.3 Å². The molecule has 0 fully saturated rings. The van der Waals surface area contributed by atoms with E-state index in [2.05, 4.69) is 11.8 Å². The Bertz CT molecular complexity index is 248. The molecule has 0 bridgehead atoms. The van der Waals surface area contributed by atoms with Gasteiger partial charge in [0, 0.05) is 6.54 Å². The average molecular weight is 193 g/mol. The Hall–Kier alpha value is -0.860. The van der Waals surface area contributed by atoms with Gasteiger partial charge >= 0.3 is 0 Å². The maximum Gasteiger partial charge on any atom is 0.0916 e. The van der Waals surface area contributed by atoms with E-state index in [0.29, 0.717) is 6.54 Å². The Kier molecular flexibility index (Phi) is 4.63. The second-order valence-electron chi connectivity index (χ2n) is 3.69. The van der Waals surface area contributed by atoms with Crippen molar-refractivity contribution in [2.45, 2.75) is 19.4 Å². The molecule has 0 unspecified atom stereocenters. The molecule has 1 atom stereocenters. The standard InChI is InChI=1S/C12H19NO/c1-3-9-13(2)10-12(14)11-7-5-4-6-8-11/h4-8,12,14H,3,9-10H2,1-2H3/t12-/m0/s1. The van der Waals surface area contributed by atoms with Crippen LogP contribution in [0.25, 0.3) is 0 Å². The van der Waals surface area contributed by atoms with Crippen LogP contribution >= 0.6 is 0 Å². The Morgan fingerprint density at radius 1 is 1.29 bits per heavy atom. The molecule has 0 saturated carbocycles. The first-order valence-electron chi connectivity index (χ1n) is 5.15. The predicted octanol–water partition coefficient (Wildman–Crippen LogP) is 2.06. The fourth-order valence-electron chi connectivity index (χ4n) is 1.55. The number of aliphatic hydroxyl groups is 1. The third-order valence-corrected chi connectivity index (χ3v) is 2.27. The van der Waals surface area contributed by atoms with Crippen molar-refractivity contribution in [1.29, 1.82) is 0 Å². The summed E-state index contributed by atoms with van der Waals surface area (Å²) in [5, 5.41) is 9.88. The minimum absolute atomic E-state index is 0.368. The number of benzene rings is 1. The summed E-state index contributed by atoms with van der Waals surface area (Å²) in [6.45, 7) is 3.88. The topological polar surface area (TPSA) is 23.5 Å². The van der Waals surface area contributed by atoms with Crippen molar-refractivity contribution >= 4 is 0 Å². The Morgan fingerprint density at radius 2 is 1.93 bits per heavy atom. The van der Waals surface area contributed by atoms with Crippen molar-refractivity contribution < 1.29 is 5.11 Å². The summed E-state index contributed by atoms with van der Waals surface area (Å²) in [4.78, 5) is 2.15. The molecule has 0 radical (unpaired) electrons. The summed E-state index contributed by atoms with van der Waals surface area (Å²) in [7, 11) is 2.04. The number of hydrogen-bond donors (Lipinski definition) is 1. The number of likely N-dealkylation sites (N-methyl/N-ethyl adjacent to an activating group) is 1. The molecule has 0 aliphatic rings. The van der Waals surface area contributed by atoms with E-state index in [-0.39, 0.29) is 6.10 Å². The normalized spacial score (nSPS) is 13.1. The fraction of sp³-hybridized carbons (Fsp3) is 0.500. The maximum atomic E-state index is 9.88. The third-order valence-electron chi connectivity index (χ3n) is 2.27. The minimum Gasteiger partial charge on any atom is -0.387 e. The van der Waals surface area contributed by atoms with Crippen LogP contribution in [0.2, 0.25) is 0 Å². The molecule has 0 aliphatic carbocycles. The van der Waals surface area contributed by atoms with Gasteiger partial charge in [0.2, 0.25) is 0 Å². The summed E-state index contributed by atoms with van der Waals surface area (Å²) in [5.74, 6) is 0. The highest BCUT2D eigenvalue weighted by Crippen LogP contribution is 2.12. The SMILES string of the molecule is CCCN(C)C[C@H](O)c1ccccc1. The van der Waals surface area contributed by atoms with Crippen LogP contribution in [-0.2, 0) is 0 Å². The average Bonchev–Trinajstić information content (AvgIpc) is 2.19. The zero-order chi connectivity index (χ0) is 10.4. The zero-order valence-corrected chi connectivity index (χ0v) is 8.98. The molecule has 1 aromatic rings. The summed E-state index contributed by atoms with van der Waals surface area (Å²) in [6.07, 6.45) is 0.755. The van der Waals surface area contributed by atoms with Crippen LogP contribution in [0.3, 0.4) is 0 Å². The van der Waals surface area contributed by atoms with Crippen LogP contribution < -0.4 is 0 Å². The second-order valence-corrected chi connectivity index (χ2v) is 3.69. The van der Waals surface area contributed by atoms with Gasteiger partial charge in [-0.2, -0.15) is 0 Å². The highest BCUT2D eigenvalue weighted by atomic mass is 16.3. The molecular formula is C12H19NO. The first-order valence-corrected chi connectivity index (χ1v) is 5.15. The van der Waals surface area contributed by atoms with Gasteiger partial charge in [0.05, 0.1) is 6.10 Å². The molecule has 0 heterocycles. The lowest BCUT2D eigenvalue weighted by molar-refractivity contribution is 0.127. The zero-order valence-electron chi connectivity index (χ0n) is 8.98. The van der Waals surface area contributed by atoms with Crippen molar-refractivity contribution in [3.8, 4) is 0 Å². The number of hydrogen-bond acceptors (Lipinski definition) is 2. The highest BCUT2D eigenvalue weighted by molar-refractivity contribution is 5.17. The smallest absolute Gasteiger partial charge is 0.0916 e. The van der Waals surface area contributed by atoms with Crippen molar-refractivity contribution in [3.05, 3.63) is 35.9 Å². The van der Waals surface area contributed by atoms with Crippen molar-refractivity contribution in [2.24, 2.45) is 0 Å². The Morgan fingerprint density at radius 3 is 2.50 bits per heavy atom. The quantitative estimate of drug-likeness (QED) is 0.773. The lowest BCUT2D eigenvalue weighted by Gasteiger charge is -2.19. The predicted molar refractivity (Wildman–Crippen MR) is 59.2 cm³/mol. The molecule has 14 heavy (non-hydrogen) atoms. The lowest BCUT2D eigenvalue weighted by atomic mass is 10.1. The molecule has 0 spiro atoms. The molecule has 0 saturated heterocycles. The van der Waals surface area contributed by atoms with E-state index < -0.39 is 0 Å². The van der Waals surface area contributed by atoms with Gasteiger partial charge in [-0.25, -0.2) is 0 Å². The molecule has 1 N–H and O–H groups in total. The van der Waals surface area contributed by atoms with E-state index in [1.165, 1.54) is 0 Å². The summed E-state index contributed by atoms with van der Waals surface area (Å²) in [6, 6.07) is 9.80. The molecule has 1 rings (SSSR count). The van der Waals surface area contributed by atoms with Gasteiger partial charge in [-0.3, -0.25) is 0 Å². The molecule has 2 heteroatoms. The Balaban J connectivity index is 2.46. The second kappa shape index (κ2) is 5.78. The van der Waals surface area contributed by atoms with Crippen molar-refractivity contribution in [2.75, 3.05) is 20.1 Å².